The Kier molecular flexibility index (Phi) is 5.04. The van der Waals surface area contributed by atoms with Gasteiger partial charge in [0.15, 0.2) is 5.13 Å². The SMILES string of the molecule is Cc1ccc2sc(N(Cc3ccco3)C(=O)Cc3cccc4ccccc34)nc2c1C. The number of aryl methyl sites for hydroxylation is 2. The van der Waals surface area contributed by atoms with Crippen LogP contribution in [0.25, 0.3) is 21.0 Å². The molecule has 5 rings (SSSR count). The molecule has 0 fully saturated rings. The highest BCUT2D eigenvalue weighted by molar-refractivity contribution is 7.22. The summed E-state index contributed by atoms with van der Waals surface area (Å²) in [6, 6.07) is 22.2. The van der Waals surface area contributed by atoms with Crippen molar-refractivity contribution in [1.82, 2.24) is 4.98 Å². The first-order valence-corrected chi connectivity index (χ1v) is 11.1. The molecule has 0 aliphatic rings. The molecule has 0 N–H and O–H groups in total. The predicted octanol–water partition coefficient (Wildman–Crippen LogP) is 6.44. The number of carbonyl (C=O) groups is 1. The number of hydrogen-bond acceptors (Lipinski definition) is 4. The topological polar surface area (TPSA) is 46.3 Å². The number of benzene rings is 3. The molecule has 0 unspecified atom stereocenters. The number of amides is 1. The van der Waals surface area contributed by atoms with Crippen molar-refractivity contribution in [2.45, 2.75) is 26.8 Å². The number of carbonyl (C=O) groups excluding carboxylic acids is 1. The number of rotatable bonds is 5. The van der Waals surface area contributed by atoms with Crippen LogP contribution in [0, 0.1) is 13.8 Å². The minimum atomic E-state index is 0.00110. The zero-order chi connectivity index (χ0) is 21.4. The summed E-state index contributed by atoms with van der Waals surface area (Å²) < 4.78 is 6.64. The molecule has 5 aromatic rings. The van der Waals surface area contributed by atoms with Crippen molar-refractivity contribution < 1.29 is 9.21 Å². The molecule has 31 heavy (non-hydrogen) atoms. The molecular formula is C26H22N2O2S. The van der Waals surface area contributed by atoms with E-state index in [0.717, 1.165) is 37.9 Å². The summed E-state index contributed by atoms with van der Waals surface area (Å²) in [5.74, 6) is 0.736. The van der Waals surface area contributed by atoms with E-state index in [9.17, 15) is 4.79 Å². The Morgan fingerprint density at radius 1 is 1.00 bits per heavy atom. The van der Waals surface area contributed by atoms with E-state index in [1.807, 2.05) is 36.4 Å². The van der Waals surface area contributed by atoms with E-state index < -0.39 is 0 Å². The largest absolute Gasteiger partial charge is 0.467 e. The minimum absolute atomic E-state index is 0.00110. The maximum atomic E-state index is 13.6. The van der Waals surface area contributed by atoms with Gasteiger partial charge in [0, 0.05) is 0 Å². The molecule has 0 spiro atoms. The van der Waals surface area contributed by atoms with Crippen LogP contribution < -0.4 is 4.90 Å². The Morgan fingerprint density at radius 3 is 2.68 bits per heavy atom. The van der Waals surface area contributed by atoms with Gasteiger partial charge >= 0.3 is 0 Å². The van der Waals surface area contributed by atoms with Crippen molar-refractivity contribution in [2.75, 3.05) is 4.90 Å². The van der Waals surface area contributed by atoms with Gasteiger partial charge in [0.05, 0.1) is 29.4 Å². The number of hydrogen-bond donors (Lipinski definition) is 0. The fourth-order valence-electron chi connectivity index (χ4n) is 3.86. The maximum absolute atomic E-state index is 13.6. The van der Waals surface area contributed by atoms with Crippen LogP contribution in [-0.4, -0.2) is 10.9 Å². The molecule has 4 nitrogen and oxygen atoms in total. The molecule has 2 aromatic heterocycles. The van der Waals surface area contributed by atoms with Crippen molar-refractivity contribution in [1.29, 1.82) is 0 Å². The van der Waals surface area contributed by atoms with Crippen LogP contribution in [0.5, 0.6) is 0 Å². The number of nitrogens with zero attached hydrogens (tertiary/aromatic N) is 2. The van der Waals surface area contributed by atoms with Crippen LogP contribution in [0.1, 0.15) is 22.5 Å². The second-order valence-corrected chi connectivity index (χ2v) is 8.73. The van der Waals surface area contributed by atoms with Gasteiger partial charge in [-0.1, -0.05) is 59.9 Å². The first kappa shape index (κ1) is 19.5. The fraction of sp³-hybridized carbons (Fsp3) is 0.154. The first-order valence-electron chi connectivity index (χ1n) is 10.3. The van der Waals surface area contributed by atoms with Crippen molar-refractivity contribution >= 4 is 43.4 Å². The minimum Gasteiger partial charge on any atom is -0.467 e. The maximum Gasteiger partial charge on any atom is 0.233 e. The van der Waals surface area contributed by atoms with Crippen molar-refractivity contribution in [3.05, 3.63) is 95.4 Å². The molecule has 3 aromatic carbocycles. The summed E-state index contributed by atoms with van der Waals surface area (Å²) in [6.45, 7) is 4.52. The van der Waals surface area contributed by atoms with Gasteiger partial charge in [-0.3, -0.25) is 9.69 Å². The van der Waals surface area contributed by atoms with Gasteiger partial charge in [0.25, 0.3) is 0 Å². The van der Waals surface area contributed by atoms with Crippen molar-refractivity contribution in [3.8, 4) is 0 Å². The summed E-state index contributed by atoms with van der Waals surface area (Å²) in [7, 11) is 0. The van der Waals surface area contributed by atoms with Gasteiger partial charge in [0.1, 0.15) is 5.76 Å². The van der Waals surface area contributed by atoms with Crippen LogP contribution in [-0.2, 0) is 17.8 Å². The van der Waals surface area contributed by atoms with E-state index in [2.05, 4.69) is 44.2 Å². The van der Waals surface area contributed by atoms with Crippen LogP contribution in [0.3, 0.4) is 0 Å². The standard InChI is InChI=1S/C26H22N2O2S/c1-17-12-13-23-25(18(17)2)27-26(31-23)28(16-21-10-6-14-30-21)24(29)15-20-9-5-8-19-7-3-4-11-22(19)20/h3-14H,15-16H2,1-2H3. The molecule has 5 heteroatoms. The van der Waals surface area contributed by atoms with E-state index >= 15 is 0 Å². The lowest BCUT2D eigenvalue weighted by Gasteiger charge is -2.19. The lowest BCUT2D eigenvalue weighted by Crippen LogP contribution is -2.31. The monoisotopic (exact) mass is 426 g/mol. The highest BCUT2D eigenvalue weighted by atomic mass is 32.1. The van der Waals surface area contributed by atoms with E-state index in [0.29, 0.717) is 18.1 Å². The molecule has 0 bridgehead atoms. The number of fused-ring (bicyclic) bond motifs is 2. The molecule has 0 atom stereocenters. The van der Waals surface area contributed by atoms with Crippen molar-refractivity contribution in [2.24, 2.45) is 0 Å². The Morgan fingerprint density at radius 2 is 1.84 bits per heavy atom. The molecule has 154 valence electrons. The van der Waals surface area contributed by atoms with Gasteiger partial charge in [-0.2, -0.15) is 0 Å². The third kappa shape index (κ3) is 3.73. The van der Waals surface area contributed by atoms with Crippen LogP contribution in [0.2, 0.25) is 0 Å². The normalized spacial score (nSPS) is 11.3. The van der Waals surface area contributed by atoms with E-state index in [1.165, 1.54) is 5.56 Å². The third-order valence-corrected chi connectivity index (χ3v) is 6.76. The summed E-state index contributed by atoms with van der Waals surface area (Å²) in [5.41, 5.74) is 4.33. The number of aromatic nitrogens is 1. The number of anilines is 1. The summed E-state index contributed by atoms with van der Waals surface area (Å²) in [6.07, 6.45) is 1.94. The number of thiazole rings is 1. The molecule has 0 aliphatic heterocycles. The zero-order valence-corrected chi connectivity index (χ0v) is 18.3. The van der Waals surface area contributed by atoms with Crippen LogP contribution >= 0.6 is 11.3 Å². The fourth-order valence-corrected chi connectivity index (χ4v) is 4.90. The lowest BCUT2D eigenvalue weighted by molar-refractivity contribution is -0.118. The molecule has 2 heterocycles. The third-order valence-electron chi connectivity index (χ3n) is 5.72. The molecule has 1 amide bonds. The summed E-state index contributed by atoms with van der Waals surface area (Å²) >= 11 is 1.54. The first-order chi connectivity index (χ1) is 15.1. The summed E-state index contributed by atoms with van der Waals surface area (Å²) in [4.78, 5) is 20.2. The summed E-state index contributed by atoms with van der Waals surface area (Å²) in [5, 5.41) is 2.94. The van der Waals surface area contributed by atoms with Crippen LogP contribution in [0.15, 0.2) is 77.4 Å². The second-order valence-electron chi connectivity index (χ2n) is 7.72. The average Bonchev–Trinajstić information content (AvgIpc) is 3.45. The molecule has 0 saturated heterocycles. The Labute approximate surface area is 184 Å². The van der Waals surface area contributed by atoms with E-state index in [1.54, 1.807) is 22.5 Å². The predicted molar refractivity (Wildman–Crippen MR) is 127 cm³/mol. The van der Waals surface area contributed by atoms with Gasteiger partial charge in [0.2, 0.25) is 5.91 Å². The molecule has 0 radical (unpaired) electrons. The Balaban J connectivity index is 1.54. The Bertz CT molecular complexity index is 1380. The second kappa shape index (κ2) is 8.00. The highest BCUT2D eigenvalue weighted by Crippen LogP contribution is 2.33. The Hall–Kier alpha value is -3.44. The molecule has 0 saturated carbocycles. The lowest BCUT2D eigenvalue weighted by atomic mass is 10.0. The van der Waals surface area contributed by atoms with Gasteiger partial charge < -0.3 is 4.42 Å². The van der Waals surface area contributed by atoms with Crippen molar-refractivity contribution in [3.63, 3.8) is 0 Å². The van der Waals surface area contributed by atoms with Gasteiger partial charge in [-0.15, -0.1) is 0 Å². The van der Waals surface area contributed by atoms with E-state index in [-0.39, 0.29) is 5.91 Å². The van der Waals surface area contributed by atoms with Gasteiger partial charge in [-0.05, 0) is 59.5 Å². The molecule has 0 aliphatic carbocycles. The average molecular weight is 427 g/mol. The zero-order valence-electron chi connectivity index (χ0n) is 17.5. The van der Waals surface area contributed by atoms with Gasteiger partial charge in [-0.25, -0.2) is 4.98 Å². The van der Waals surface area contributed by atoms with E-state index in [4.69, 9.17) is 9.40 Å². The number of furan rings is 1. The molecular weight excluding hydrogens is 404 g/mol. The quantitative estimate of drug-likeness (QED) is 0.325. The smallest absolute Gasteiger partial charge is 0.233 e. The highest BCUT2D eigenvalue weighted by Gasteiger charge is 2.23. The van der Waals surface area contributed by atoms with Crippen LogP contribution in [0.4, 0.5) is 5.13 Å².